The molecule has 1 saturated heterocycles. The quantitative estimate of drug-likeness (QED) is 0.723. The molecule has 0 radical (unpaired) electrons. The number of hydrogen-bond acceptors (Lipinski definition) is 3. The van der Waals surface area contributed by atoms with E-state index in [1.54, 1.807) is 12.1 Å². The van der Waals surface area contributed by atoms with E-state index in [9.17, 15) is 14.4 Å². The van der Waals surface area contributed by atoms with Gasteiger partial charge in [0.25, 0.3) is 11.8 Å². The molecule has 1 aromatic carbocycles. The normalized spacial score (nSPS) is 18.1. The number of carbonyl (C=O) groups excluding carboxylic acids is 3. The molecule has 1 heterocycles. The number of urea groups is 1. The van der Waals surface area contributed by atoms with E-state index >= 15 is 0 Å². The zero-order valence-corrected chi connectivity index (χ0v) is 12.3. The van der Waals surface area contributed by atoms with Crippen molar-refractivity contribution < 1.29 is 14.4 Å². The number of nitrogens with one attached hydrogen (secondary N) is 3. The lowest BCUT2D eigenvalue weighted by Crippen LogP contribution is -2.41. The highest BCUT2D eigenvalue weighted by molar-refractivity contribution is 6.04. The van der Waals surface area contributed by atoms with Gasteiger partial charge in [-0.05, 0) is 23.1 Å². The molecule has 1 aliphatic rings. The van der Waals surface area contributed by atoms with Crippen LogP contribution in [-0.2, 0) is 10.2 Å². The van der Waals surface area contributed by atoms with Crippen LogP contribution in [0.4, 0.5) is 4.79 Å². The molecule has 112 valence electrons. The van der Waals surface area contributed by atoms with Crippen molar-refractivity contribution in [2.24, 2.45) is 0 Å². The Morgan fingerprint density at radius 2 is 1.81 bits per heavy atom. The van der Waals surface area contributed by atoms with Crippen LogP contribution in [0, 0.1) is 0 Å². The predicted octanol–water partition coefficient (Wildman–Crippen LogP) is 0.922. The maximum absolute atomic E-state index is 12.0. The van der Waals surface area contributed by atoms with E-state index in [1.807, 2.05) is 12.1 Å². The zero-order valence-electron chi connectivity index (χ0n) is 12.3. The summed E-state index contributed by atoms with van der Waals surface area (Å²) in [7, 11) is 0. The Labute approximate surface area is 123 Å². The van der Waals surface area contributed by atoms with Gasteiger partial charge in [0.05, 0.1) is 0 Å². The van der Waals surface area contributed by atoms with Crippen molar-refractivity contribution in [1.82, 2.24) is 16.0 Å². The van der Waals surface area contributed by atoms with Gasteiger partial charge in [-0.1, -0.05) is 32.9 Å². The second-order valence-corrected chi connectivity index (χ2v) is 6.05. The number of amides is 4. The van der Waals surface area contributed by atoms with E-state index in [0.717, 1.165) is 5.56 Å². The van der Waals surface area contributed by atoms with Gasteiger partial charge in [0, 0.05) is 12.1 Å². The molecule has 4 amide bonds. The van der Waals surface area contributed by atoms with Gasteiger partial charge in [0.1, 0.15) is 6.04 Å². The van der Waals surface area contributed by atoms with Crippen molar-refractivity contribution in [2.45, 2.75) is 32.2 Å². The first-order chi connectivity index (χ1) is 9.77. The lowest BCUT2D eigenvalue weighted by atomic mass is 9.87. The molecule has 0 aromatic heterocycles. The van der Waals surface area contributed by atoms with E-state index in [0.29, 0.717) is 5.56 Å². The van der Waals surface area contributed by atoms with Crippen LogP contribution in [0.15, 0.2) is 24.3 Å². The molecule has 0 spiro atoms. The fourth-order valence-electron chi connectivity index (χ4n) is 2.02. The molecule has 1 fully saturated rings. The zero-order chi connectivity index (χ0) is 15.6. The maximum Gasteiger partial charge on any atom is 0.322 e. The Morgan fingerprint density at radius 3 is 2.29 bits per heavy atom. The Bertz CT molecular complexity index is 573. The SMILES string of the molecule is CC(C)(C)c1ccc(C(=O)NCC2NC(=O)NC2=O)cc1. The van der Waals surface area contributed by atoms with Crippen LogP contribution in [0.2, 0.25) is 0 Å². The molecule has 21 heavy (non-hydrogen) atoms. The summed E-state index contributed by atoms with van der Waals surface area (Å²) >= 11 is 0. The van der Waals surface area contributed by atoms with E-state index in [-0.39, 0.29) is 17.9 Å². The monoisotopic (exact) mass is 289 g/mol. The van der Waals surface area contributed by atoms with Crippen LogP contribution >= 0.6 is 0 Å². The van der Waals surface area contributed by atoms with Crippen LogP contribution in [0.5, 0.6) is 0 Å². The van der Waals surface area contributed by atoms with Gasteiger partial charge >= 0.3 is 6.03 Å². The summed E-state index contributed by atoms with van der Waals surface area (Å²) in [5, 5.41) is 7.17. The van der Waals surface area contributed by atoms with Gasteiger partial charge in [0.2, 0.25) is 0 Å². The summed E-state index contributed by atoms with van der Waals surface area (Å²) in [4.78, 5) is 34.3. The van der Waals surface area contributed by atoms with Gasteiger partial charge in [0.15, 0.2) is 0 Å². The van der Waals surface area contributed by atoms with Crippen LogP contribution in [0.3, 0.4) is 0 Å². The number of hydrogen-bond donors (Lipinski definition) is 3. The lowest BCUT2D eigenvalue weighted by molar-refractivity contribution is -0.120. The fraction of sp³-hybridized carbons (Fsp3) is 0.400. The fourth-order valence-corrected chi connectivity index (χ4v) is 2.02. The largest absolute Gasteiger partial charge is 0.349 e. The van der Waals surface area contributed by atoms with Crippen molar-refractivity contribution in [2.75, 3.05) is 6.54 Å². The van der Waals surface area contributed by atoms with Crippen molar-refractivity contribution >= 4 is 17.8 Å². The Balaban J connectivity index is 1.95. The van der Waals surface area contributed by atoms with Crippen LogP contribution < -0.4 is 16.0 Å². The third kappa shape index (κ3) is 3.59. The van der Waals surface area contributed by atoms with Crippen molar-refractivity contribution in [1.29, 1.82) is 0 Å². The van der Waals surface area contributed by atoms with Crippen molar-refractivity contribution in [3.63, 3.8) is 0 Å². The first-order valence-electron chi connectivity index (χ1n) is 6.77. The Hall–Kier alpha value is -2.37. The summed E-state index contributed by atoms with van der Waals surface area (Å²) in [5.41, 5.74) is 1.69. The lowest BCUT2D eigenvalue weighted by Gasteiger charge is -2.19. The van der Waals surface area contributed by atoms with E-state index < -0.39 is 18.0 Å². The highest BCUT2D eigenvalue weighted by Gasteiger charge is 2.29. The standard InChI is InChI=1S/C15H19N3O3/c1-15(2,3)10-6-4-9(5-7-10)12(19)16-8-11-13(20)18-14(21)17-11/h4-7,11H,8H2,1-3H3,(H,16,19)(H2,17,18,20,21). The Morgan fingerprint density at radius 1 is 1.19 bits per heavy atom. The topological polar surface area (TPSA) is 87.3 Å². The molecule has 6 heteroatoms. The van der Waals surface area contributed by atoms with Gasteiger partial charge in [-0.2, -0.15) is 0 Å². The first-order valence-corrected chi connectivity index (χ1v) is 6.77. The molecular formula is C15H19N3O3. The summed E-state index contributed by atoms with van der Waals surface area (Å²) < 4.78 is 0. The van der Waals surface area contributed by atoms with Crippen LogP contribution in [-0.4, -0.2) is 30.4 Å². The van der Waals surface area contributed by atoms with Crippen molar-refractivity contribution in [3.05, 3.63) is 35.4 Å². The molecule has 1 atom stereocenters. The van der Waals surface area contributed by atoms with Gasteiger partial charge in [-0.3, -0.25) is 14.9 Å². The van der Waals surface area contributed by atoms with Gasteiger partial charge < -0.3 is 10.6 Å². The summed E-state index contributed by atoms with van der Waals surface area (Å²) in [6.45, 7) is 6.37. The average molecular weight is 289 g/mol. The number of rotatable bonds is 3. The number of benzene rings is 1. The molecule has 0 saturated carbocycles. The Kier molecular flexibility index (Phi) is 3.97. The third-order valence-electron chi connectivity index (χ3n) is 3.34. The molecule has 0 bridgehead atoms. The minimum absolute atomic E-state index is 0.0290. The molecule has 6 nitrogen and oxygen atoms in total. The molecular weight excluding hydrogens is 270 g/mol. The van der Waals surface area contributed by atoms with Gasteiger partial charge in [-0.15, -0.1) is 0 Å². The first kappa shape index (κ1) is 15.0. The van der Waals surface area contributed by atoms with E-state index in [1.165, 1.54) is 0 Å². The highest BCUT2D eigenvalue weighted by atomic mass is 16.2. The number of imide groups is 1. The summed E-state index contributed by atoms with van der Waals surface area (Å²) in [5.74, 6) is -0.701. The molecule has 1 unspecified atom stereocenters. The molecule has 3 N–H and O–H groups in total. The van der Waals surface area contributed by atoms with Crippen molar-refractivity contribution in [3.8, 4) is 0 Å². The third-order valence-corrected chi connectivity index (χ3v) is 3.34. The molecule has 2 rings (SSSR count). The van der Waals surface area contributed by atoms with E-state index in [4.69, 9.17) is 0 Å². The second kappa shape index (κ2) is 5.55. The van der Waals surface area contributed by atoms with E-state index in [2.05, 4.69) is 36.7 Å². The minimum Gasteiger partial charge on any atom is -0.349 e. The summed E-state index contributed by atoms with van der Waals surface area (Å²) in [6.07, 6.45) is 0. The second-order valence-electron chi connectivity index (χ2n) is 6.05. The molecule has 0 aliphatic carbocycles. The average Bonchev–Trinajstić information content (AvgIpc) is 2.73. The molecule has 1 aliphatic heterocycles. The summed E-state index contributed by atoms with van der Waals surface area (Å²) in [6, 6.07) is 6.09. The van der Waals surface area contributed by atoms with Crippen LogP contribution in [0.25, 0.3) is 0 Å². The molecule has 1 aromatic rings. The van der Waals surface area contributed by atoms with Crippen LogP contribution in [0.1, 0.15) is 36.7 Å². The maximum atomic E-state index is 12.0. The minimum atomic E-state index is -0.713. The smallest absolute Gasteiger partial charge is 0.322 e. The highest BCUT2D eigenvalue weighted by Crippen LogP contribution is 2.22. The predicted molar refractivity (Wildman–Crippen MR) is 77.9 cm³/mol. The number of carbonyl (C=O) groups is 3. The van der Waals surface area contributed by atoms with Gasteiger partial charge in [-0.25, -0.2) is 4.79 Å².